The predicted molar refractivity (Wildman–Crippen MR) is 118 cm³/mol. The van der Waals surface area contributed by atoms with Crippen LogP contribution in [0.5, 0.6) is 0 Å². The quantitative estimate of drug-likeness (QED) is 0.508. The zero-order chi connectivity index (χ0) is 22.7. The number of nitrogens with zero attached hydrogens (tertiary/aromatic N) is 3. The van der Waals surface area contributed by atoms with Gasteiger partial charge in [0.15, 0.2) is 5.69 Å². The average Bonchev–Trinajstić information content (AvgIpc) is 3.25. The fraction of sp³-hybridized carbons (Fsp3) is 0.318. The molecule has 10 heteroatoms. The van der Waals surface area contributed by atoms with Gasteiger partial charge < -0.3 is 25.6 Å². The summed E-state index contributed by atoms with van der Waals surface area (Å²) in [7, 11) is 0. The van der Waals surface area contributed by atoms with E-state index in [1.54, 1.807) is 35.2 Å². The average molecular weight is 436 g/mol. The fourth-order valence-corrected chi connectivity index (χ4v) is 4.03. The first kappa shape index (κ1) is 21.7. The number of carbonyl (C=O) groups excluding carboxylic acids is 2. The lowest BCUT2D eigenvalue weighted by Gasteiger charge is -2.31. The number of hydrogen-bond donors (Lipinski definition) is 4. The maximum absolute atomic E-state index is 12.9. The second-order valence-electron chi connectivity index (χ2n) is 7.72. The monoisotopic (exact) mass is 436 g/mol. The zero-order valence-corrected chi connectivity index (χ0v) is 17.4. The van der Waals surface area contributed by atoms with Crippen LogP contribution in [-0.4, -0.2) is 49.7 Å². The van der Waals surface area contributed by atoms with Crippen molar-refractivity contribution >= 4 is 34.6 Å². The topological polar surface area (TPSA) is 136 Å². The highest BCUT2D eigenvalue weighted by atomic mass is 16.8. The van der Waals surface area contributed by atoms with Crippen LogP contribution < -0.4 is 25.7 Å². The highest BCUT2D eigenvalue weighted by molar-refractivity contribution is 6.06. The van der Waals surface area contributed by atoms with E-state index in [0.29, 0.717) is 37.3 Å². The zero-order valence-electron chi connectivity index (χ0n) is 17.4. The van der Waals surface area contributed by atoms with E-state index in [1.165, 1.54) is 6.07 Å². The van der Waals surface area contributed by atoms with Gasteiger partial charge in [0.1, 0.15) is 11.8 Å². The van der Waals surface area contributed by atoms with Gasteiger partial charge in [0.05, 0.1) is 11.3 Å². The van der Waals surface area contributed by atoms with Crippen LogP contribution in [0.4, 0.5) is 22.7 Å². The Labute approximate surface area is 185 Å². The van der Waals surface area contributed by atoms with Crippen molar-refractivity contribution in [2.24, 2.45) is 0 Å². The Morgan fingerprint density at radius 3 is 2.50 bits per heavy atom. The van der Waals surface area contributed by atoms with Gasteiger partial charge in [-0.3, -0.25) is 9.59 Å². The summed E-state index contributed by atoms with van der Waals surface area (Å²) in [5.41, 5.74) is 1.90. The number of quaternary nitrogens is 1. The second kappa shape index (κ2) is 9.33. The van der Waals surface area contributed by atoms with Crippen LogP contribution in [0.3, 0.4) is 0 Å². The molecule has 4 N–H and O–H groups in total. The molecule has 2 aromatic carbocycles. The Bertz CT molecular complexity index is 1060. The molecule has 2 aliphatic heterocycles. The van der Waals surface area contributed by atoms with E-state index in [0.717, 1.165) is 25.2 Å². The van der Waals surface area contributed by atoms with E-state index in [1.807, 2.05) is 4.90 Å². The molecule has 0 aromatic heterocycles. The van der Waals surface area contributed by atoms with E-state index >= 15 is 0 Å². The molecule has 2 saturated heterocycles. The number of carbonyl (C=O) groups is 2. The number of benzene rings is 2. The Kier molecular flexibility index (Phi) is 6.34. The minimum atomic E-state index is -1.23. The Hall–Kier alpha value is -3.49. The highest BCUT2D eigenvalue weighted by Gasteiger charge is 2.23. The standard InChI is InChI=1S/C22H24N6O4/c23-14-16-12-20(28(31)32)18(13-19(16)26-10-7-24-8-11-26)25-22(30)15-3-5-17(6-4-15)27-9-1-2-21(27)29/h3-6,12-13,24,28,31H,1-2,7-11H2,(H,25,30). The number of piperazine rings is 1. The summed E-state index contributed by atoms with van der Waals surface area (Å²) in [6.07, 6.45) is 1.33. The molecule has 0 saturated carbocycles. The molecule has 2 amide bonds. The largest absolute Gasteiger partial charge is 0.595 e. The van der Waals surface area contributed by atoms with Gasteiger partial charge in [-0.15, -0.1) is 0 Å². The van der Waals surface area contributed by atoms with Crippen LogP contribution >= 0.6 is 0 Å². The summed E-state index contributed by atoms with van der Waals surface area (Å²) in [5.74, 6) is -0.408. The number of anilines is 3. The van der Waals surface area contributed by atoms with Crippen LogP contribution in [0.25, 0.3) is 0 Å². The van der Waals surface area contributed by atoms with E-state index in [2.05, 4.69) is 16.7 Å². The van der Waals surface area contributed by atoms with E-state index in [-0.39, 0.29) is 22.8 Å². The molecular weight excluding hydrogens is 412 g/mol. The van der Waals surface area contributed by atoms with E-state index < -0.39 is 11.1 Å². The minimum absolute atomic E-state index is 0.0614. The molecule has 10 nitrogen and oxygen atoms in total. The number of hydrogen-bond acceptors (Lipinski definition) is 7. The number of rotatable bonds is 5. The third kappa shape index (κ3) is 4.42. The molecule has 2 heterocycles. The fourth-order valence-electron chi connectivity index (χ4n) is 4.03. The highest BCUT2D eigenvalue weighted by Crippen LogP contribution is 2.31. The molecule has 4 rings (SSSR count). The van der Waals surface area contributed by atoms with Gasteiger partial charge in [-0.05, 0) is 36.8 Å². The van der Waals surface area contributed by atoms with Crippen molar-refractivity contribution in [1.82, 2.24) is 5.32 Å². The molecular formula is C22H24N6O4. The molecule has 1 atom stereocenters. The Morgan fingerprint density at radius 1 is 1.19 bits per heavy atom. The number of amides is 2. The molecule has 2 fully saturated rings. The van der Waals surface area contributed by atoms with E-state index in [4.69, 9.17) is 0 Å². The van der Waals surface area contributed by atoms with Gasteiger partial charge in [0, 0.05) is 56.5 Å². The predicted octanol–water partition coefficient (Wildman–Crippen LogP) is 0.750. The summed E-state index contributed by atoms with van der Waals surface area (Å²) in [4.78, 5) is 28.4. The SMILES string of the molecule is N#Cc1cc([NH+]([O-])O)c(NC(=O)c2ccc(N3CCCC3=O)cc2)cc1N1CCNCC1. The van der Waals surface area contributed by atoms with Crippen LogP contribution in [-0.2, 0) is 4.79 Å². The lowest BCUT2D eigenvalue weighted by Crippen LogP contribution is -2.99. The van der Waals surface area contributed by atoms with Gasteiger partial charge in [-0.25, -0.2) is 5.21 Å². The van der Waals surface area contributed by atoms with Crippen molar-refractivity contribution in [2.45, 2.75) is 12.8 Å². The van der Waals surface area contributed by atoms with Gasteiger partial charge in [-0.1, -0.05) is 0 Å². The Morgan fingerprint density at radius 2 is 1.91 bits per heavy atom. The van der Waals surface area contributed by atoms with Gasteiger partial charge in [-0.2, -0.15) is 10.5 Å². The molecule has 2 aliphatic rings. The van der Waals surface area contributed by atoms with Crippen LogP contribution in [0, 0.1) is 16.5 Å². The molecule has 0 radical (unpaired) electrons. The second-order valence-corrected chi connectivity index (χ2v) is 7.72. The first-order valence-corrected chi connectivity index (χ1v) is 10.5. The van der Waals surface area contributed by atoms with Crippen LogP contribution in [0.1, 0.15) is 28.8 Å². The molecule has 0 aliphatic carbocycles. The maximum Gasteiger partial charge on any atom is 0.255 e. The smallest absolute Gasteiger partial charge is 0.255 e. The Balaban J connectivity index is 1.60. The minimum Gasteiger partial charge on any atom is -0.595 e. The number of nitrogens with one attached hydrogen (secondary N) is 3. The molecule has 166 valence electrons. The summed E-state index contributed by atoms with van der Waals surface area (Å²) in [6.45, 7) is 3.50. The van der Waals surface area contributed by atoms with Crippen molar-refractivity contribution in [1.29, 1.82) is 5.26 Å². The first-order valence-electron chi connectivity index (χ1n) is 10.5. The van der Waals surface area contributed by atoms with Gasteiger partial charge in [0.25, 0.3) is 5.91 Å². The van der Waals surface area contributed by atoms with Crippen molar-refractivity contribution < 1.29 is 20.0 Å². The first-order chi connectivity index (χ1) is 15.5. The molecule has 32 heavy (non-hydrogen) atoms. The van der Waals surface area contributed by atoms with E-state index in [9.17, 15) is 25.3 Å². The van der Waals surface area contributed by atoms with Crippen molar-refractivity contribution in [3.05, 3.63) is 52.7 Å². The summed E-state index contributed by atoms with van der Waals surface area (Å²) in [6, 6.07) is 11.6. The molecule has 2 aromatic rings. The van der Waals surface area contributed by atoms with Crippen molar-refractivity contribution in [3.8, 4) is 6.07 Å². The normalized spacial score (nSPS) is 17.2. The van der Waals surface area contributed by atoms with Crippen molar-refractivity contribution in [3.63, 3.8) is 0 Å². The lowest BCUT2D eigenvalue weighted by molar-refractivity contribution is -0.990. The molecule has 0 spiro atoms. The summed E-state index contributed by atoms with van der Waals surface area (Å²) >= 11 is 0. The van der Waals surface area contributed by atoms with Crippen LogP contribution in [0.2, 0.25) is 0 Å². The third-order valence-electron chi connectivity index (χ3n) is 5.71. The van der Waals surface area contributed by atoms with Crippen LogP contribution in [0.15, 0.2) is 36.4 Å². The maximum atomic E-state index is 12.9. The third-order valence-corrected chi connectivity index (χ3v) is 5.71. The van der Waals surface area contributed by atoms with Gasteiger partial charge in [0.2, 0.25) is 5.91 Å². The summed E-state index contributed by atoms with van der Waals surface area (Å²) < 4.78 is 0. The lowest BCUT2D eigenvalue weighted by atomic mass is 10.1. The van der Waals surface area contributed by atoms with Gasteiger partial charge >= 0.3 is 0 Å². The summed E-state index contributed by atoms with van der Waals surface area (Å²) in [5, 5.41) is 35.7. The number of nitriles is 1. The molecule has 0 bridgehead atoms. The molecule has 1 unspecified atom stereocenters. The van der Waals surface area contributed by atoms with Crippen molar-refractivity contribution in [2.75, 3.05) is 47.8 Å².